The number of rotatable bonds is 2. The van der Waals surface area contributed by atoms with Gasteiger partial charge in [0.15, 0.2) is 0 Å². The Labute approximate surface area is 136 Å². The fraction of sp³-hybridized carbons (Fsp3) is 0.900. The quantitative estimate of drug-likeness (QED) is 0.753. The van der Waals surface area contributed by atoms with E-state index >= 15 is 0 Å². The second-order valence-electron chi connectivity index (χ2n) is 8.40. The van der Waals surface area contributed by atoms with Crippen LogP contribution < -0.4 is 10.6 Å². The molecule has 1 saturated heterocycles. The van der Waals surface area contributed by atoms with Crippen molar-refractivity contribution in [1.29, 1.82) is 0 Å². The van der Waals surface area contributed by atoms with Crippen LogP contribution in [0.5, 0.6) is 0 Å². The van der Waals surface area contributed by atoms with Crippen LogP contribution in [0.4, 0.5) is 0 Å². The summed E-state index contributed by atoms with van der Waals surface area (Å²) >= 11 is 0. The second kappa shape index (κ2) is 6.65. The minimum Gasteiger partial charge on any atom is -0.319 e. The first-order chi connectivity index (χ1) is 10.9. The standard InChI is InChI=1S/C20H34N2/c1-21-13-14-10-11-17-18-9-5-8-16(15-6-3-2-4-7-15)20(18)22-19(17)12-14/h14,17-22H,2-13H2,1H3/t14?,17?,18?,19-,20?/m1/s1. The summed E-state index contributed by atoms with van der Waals surface area (Å²) in [7, 11) is 2.11. The maximum Gasteiger partial charge on any atom is 0.0316 e. The highest BCUT2D eigenvalue weighted by molar-refractivity contribution is 5.27. The zero-order valence-electron chi connectivity index (χ0n) is 14.4. The number of nitrogens with one attached hydrogen (secondary N) is 2. The number of allylic oxidation sites excluding steroid dienone is 1. The minimum absolute atomic E-state index is 0.769. The molecule has 124 valence electrons. The third kappa shape index (κ3) is 2.78. The van der Waals surface area contributed by atoms with Crippen molar-refractivity contribution in [3.8, 4) is 0 Å². The summed E-state index contributed by atoms with van der Waals surface area (Å²) in [6, 6.07) is 1.59. The Morgan fingerprint density at radius 3 is 2.64 bits per heavy atom. The van der Waals surface area contributed by atoms with Crippen molar-refractivity contribution < 1.29 is 0 Å². The first-order valence-electron chi connectivity index (χ1n) is 9.98. The third-order valence-electron chi connectivity index (χ3n) is 7.15. The molecule has 4 aliphatic rings. The van der Waals surface area contributed by atoms with Crippen LogP contribution in [0.15, 0.2) is 11.1 Å². The number of hydrogen-bond donors (Lipinski definition) is 2. The molecule has 2 nitrogen and oxygen atoms in total. The first-order valence-corrected chi connectivity index (χ1v) is 9.98. The topological polar surface area (TPSA) is 24.1 Å². The second-order valence-corrected chi connectivity index (χ2v) is 8.40. The lowest BCUT2D eigenvalue weighted by Gasteiger charge is -2.36. The van der Waals surface area contributed by atoms with Gasteiger partial charge in [-0.25, -0.2) is 0 Å². The summed E-state index contributed by atoms with van der Waals surface area (Å²) in [4.78, 5) is 0. The largest absolute Gasteiger partial charge is 0.319 e. The van der Waals surface area contributed by atoms with Gasteiger partial charge in [-0.3, -0.25) is 0 Å². The Hall–Kier alpha value is -0.340. The molecule has 4 unspecified atom stereocenters. The van der Waals surface area contributed by atoms with Crippen LogP contribution in [0.3, 0.4) is 0 Å². The average molecular weight is 303 g/mol. The van der Waals surface area contributed by atoms with E-state index < -0.39 is 0 Å². The molecule has 0 aromatic rings. The summed E-state index contributed by atoms with van der Waals surface area (Å²) < 4.78 is 0. The Balaban J connectivity index is 1.51. The molecule has 0 bridgehead atoms. The SMILES string of the molecule is CNCC1CCC2C3CCCC(=C4CCCCC4)C3N[C@@H]2C1. The van der Waals surface area contributed by atoms with E-state index in [9.17, 15) is 0 Å². The molecule has 22 heavy (non-hydrogen) atoms. The summed E-state index contributed by atoms with van der Waals surface area (Å²) in [5, 5.41) is 7.55. The van der Waals surface area contributed by atoms with E-state index in [-0.39, 0.29) is 0 Å². The van der Waals surface area contributed by atoms with Gasteiger partial charge in [0.2, 0.25) is 0 Å². The molecule has 1 heterocycles. The maximum absolute atomic E-state index is 4.14. The van der Waals surface area contributed by atoms with Crippen molar-refractivity contribution in [2.24, 2.45) is 17.8 Å². The van der Waals surface area contributed by atoms with E-state index in [0.717, 1.165) is 29.8 Å². The fourth-order valence-electron chi connectivity index (χ4n) is 6.18. The van der Waals surface area contributed by atoms with E-state index in [0.29, 0.717) is 0 Å². The third-order valence-corrected chi connectivity index (χ3v) is 7.15. The van der Waals surface area contributed by atoms with Crippen LogP contribution in [0, 0.1) is 17.8 Å². The molecule has 0 spiro atoms. The zero-order chi connectivity index (χ0) is 14.9. The first kappa shape index (κ1) is 15.2. The van der Waals surface area contributed by atoms with Gasteiger partial charge in [-0.05, 0) is 95.6 Å². The normalized spacial score (nSPS) is 42.1. The lowest BCUT2D eigenvalue weighted by atomic mass is 9.69. The van der Waals surface area contributed by atoms with Crippen LogP contribution >= 0.6 is 0 Å². The zero-order valence-corrected chi connectivity index (χ0v) is 14.4. The van der Waals surface area contributed by atoms with Gasteiger partial charge in [0.25, 0.3) is 0 Å². The fourth-order valence-corrected chi connectivity index (χ4v) is 6.18. The molecule has 2 N–H and O–H groups in total. The molecule has 0 amide bonds. The molecule has 0 aromatic heterocycles. The maximum atomic E-state index is 4.14. The molecule has 3 saturated carbocycles. The molecular weight excluding hydrogens is 268 g/mol. The van der Waals surface area contributed by atoms with Crippen LogP contribution in [0.25, 0.3) is 0 Å². The van der Waals surface area contributed by atoms with Crippen molar-refractivity contribution in [2.75, 3.05) is 13.6 Å². The Kier molecular flexibility index (Phi) is 4.59. The van der Waals surface area contributed by atoms with Gasteiger partial charge < -0.3 is 10.6 Å². The van der Waals surface area contributed by atoms with E-state index in [1.165, 1.54) is 77.2 Å². The molecule has 0 radical (unpaired) electrons. The highest BCUT2D eigenvalue weighted by Crippen LogP contribution is 2.48. The molecule has 1 aliphatic heterocycles. The van der Waals surface area contributed by atoms with Crippen molar-refractivity contribution in [2.45, 2.75) is 82.7 Å². The summed E-state index contributed by atoms with van der Waals surface area (Å²) in [5.74, 6) is 2.86. The number of hydrogen-bond acceptors (Lipinski definition) is 2. The van der Waals surface area contributed by atoms with Gasteiger partial charge in [0.1, 0.15) is 0 Å². The predicted molar refractivity (Wildman–Crippen MR) is 92.9 cm³/mol. The molecule has 5 atom stereocenters. The smallest absolute Gasteiger partial charge is 0.0316 e. The summed E-state index contributed by atoms with van der Waals surface area (Å²) in [5.41, 5.74) is 3.76. The van der Waals surface area contributed by atoms with Crippen LogP contribution in [0.1, 0.15) is 70.6 Å². The van der Waals surface area contributed by atoms with Gasteiger partial charge in [-0.2, -0.15) is 0 Å². The molecule has 4 fully saturated rings. The molecular formula is C20H34N2. The highest BCUT2D eigenvalue weighted by atomic mass is 15.0. The van der Waals surface area contributed by atoms with Gasteiger partial charge in [0.05, 0.1) is 0 Å². The average Bonchev–Trinajstić information content (AvgIpc) is 2.93. The Morgan fingerprint density at radius 2 is 1.82 bits per heavy atom. The van der Waals surface area contributed by atoms with Crippen molar-refractivity contribution in [3.05, 3.63) is 11.1 Å². The lowest BCUT2D eigenvalue weighted by molar-refractivity contribution is 0.202. The highest BCUT2D eigenvalue weighted by Gasteiger charge is 2.47. The Morgan fingerprint density at radius 1 is 0.955 bits per heavy atom. The van der Waals surface area contributed by atoms with Crippen LogP contribution in [0.2, 0.25) is 0 Å². The minimum atomic E-state index is 0.769. The molecule has 3 aliphatic carbocycles. The van der Waals surface area contributed by atoms with Crippen molar-refractivity contribution in [1.82, 2.24) is 10.6 Å². The van der Waals surface area contributed by atoms with Gasteiger partial charge in [-0.1, -0.05) is 17.6 Å². The van der Waals surface area contributed by atoms with Crippen molar-refractivity contribution in [3.63, 3.8) is 0 Å². The lowest BCUT2D eigenvalue weighted by Crippen LogP contribution is -2.39. The van der Waals surface area contributed by atoms with E-state index in [1.54, 1.807) is 0 Å². The van der Waals surface area contributed by atoms with Crippen molar-refractivity contribution >= 4 is 0 Å². The van der Waals surface area contributed by atoms with E-state index in [2.05, 4.69) is 17.7 Å². The molecule has 4 rings (SSSR count). The summed E-state index contributed by atoms with van der Waals surface area (Å²) in [6.07, 6.45) is 15.9. The Bertz CT molecular complexity index is 419. The van der Waals surface area contributed by atoms with E-state index in [1.807, 2.05) is 11.1 Å². The predicted octanol–water partition coefficient (Wildman–Crippen LogP) is 4.02. The van der Waals surface area contributed by atoms with E-state index in [4.69, 9.17) is 0 Å². The summed E-state index contributed by atoms with van der Waals surface area (Å²) in [6.45, 7) is 1.22. The molecule has 2 heteroatoms. The number of fused-ring (bicyclic) bond motifs is 3. The van der Waals surface area contributed by atoms with Crippen LogP contribution in [-0.2, 0) is 0 Å². The monoisotopic (exact) mass is 302 g/mol. The van der Waals surface area contributed by atoms with Crippen LogP contribution in [-0.4, -0.2) is 25.7 Å². The molecule has 0 aromatic carbocycles. The van der Waals surface area contributed by atoms with Gasteiger partial charge in [-0.15, -0.1) is 0 Å². The van der Waals surface area contributed by atoms with Gasteiger partial charge >= 0.3 is 0 Å². The van der Waals surface area contributed by atoms with Gasteiger partial charge in [0, 0.05) is 12.1 Å².